The first-order chi connectivity index (χ1) is 36.1. The van der Waals surface area contributed by atoms with Gasteiger partial charge in [0.15, 0.2) is 0 Å². The molecule has 2 atom stereocenters. The summed E-state index contributed by atoms with van der Waals surface area (Å²) >= 11 is 0. The number of rotatable bonds is 58. The first-order valence-electron chi connectivity index (χ1n) is 32.7. The minimum absolute atomic E-state index is 0.0479. The van der Waals surface area contributed by atoms with Crippen molar-refractivity contribution in [1.29, 1.82) is 0 Å². The number of amides is 2. The van der Waals surface area contributed by atoms with E-state index >= 15 is 0 Å². The first-order valence-corrected chi connectivity index (χ1v) is 32.7. The second-order valence-corrected chi connectivity index (χ2v) is 22.9. The molecule has 0 fully saturated rings. The summed E-state index contributed by atoms with van der Waals surface area (Å²) in [6.45, 7) is 20.2. The number of esters is 2. The molecule has 0 saturated carbocycles. The highest BCUT2D eigenvalue weighted by molar-refractivity contribution is 5.76. The maximum atomic E-state index is 13.3. The molecule has 0 radical (unpaired) electrons. The summed E-state index contributed by atoms with van der Waals surface area (Å²) in [5.41, 5.74) is 0. The van der Waals surface area contributed by atoms with E-state index in [1.54, 1.807) is 0 Å². The molecular weight excluding hydrogens is 919 g/mol. The van der Waals surface area contributed by atoms with Crippen LogP contribution < -0.4 is 0 Å². The van der Waals surface area contributed by atoms with Crippen molar-refractivity contribution >= 4 is 23.8 Å². The Bertz CT molecular complexity index is 1160. The van der Waals surface area contributed by atoms with Crippen LogP contribution in [0.25, 0.3) is 0 Å². The number of hydrogen-bond donors (Lipinski definition) is 0. The van der Waals surface area contributed by atoms with Gasteiger partial charge in [0.05, 0.1) is 13.2 Å². The van der Waals surface area contributed by atoms with Gasteiger partial charge >= 0.3 is 11.9 Å². The van der Waals surface area contributed by atoms with Crippen LogP contribution in [0, 0.1) is 11.8 Å². The number of hydrogen-bond acceptors (Lipinski definition) is 7. The summed E-state index contributed by atoms with van der Waals surface area (Å²) in [7, 11) is 2.25. The van der Waals surface area contributed by atoms with Crippen LogP contribution in [0.2, 0.25) is 0 Å². The van der Waals surface area contributed by atoms with Crippen molar-refractivity contribution in [2.24, 2.45) is 11.8 Å². The molecule has 0 bridgehead atoms. The molecule has 0 rings (SSSR count). The Hall–Kier alpha value is -2.16. The summed E-state index contributed by atoms with van der Waals surface area (Å²) in [6.07, 6.45) is 48.3. The summed E-state index contributed by atoms with van der Waals surface area (Å²) in [5.74, 6) is 1.55. The Morgan fingerprint density at radius 3 is 0.905 bits per heavy atom. The smallest absolute Gasteiger partial charge is 0.305 e. The highest BCUT2D eigenvalue weighted by Crippen LogP contribution is 2.21. The molecular formula is C65H127N3O6. The van der Waals surface area contributed by atoms with Crippen LogP contribution in [-0.2, 0) is 28.7 Å². The van der Waals surface area contributed by atoms with Crippen LogP contribution in [0.5, 0.6) is 0 Å². The van der Waals surface area contributed by atoms with E-state index in [1.807, 2.05) is 0 Å². The molecule has 9 heteroatoms. The fourth-order valence-corrected chi connectivity index (χ4v) is 10.4. The minimum Gasteiger partial charge on any atom is -0.465 e. The molecule has 0 aromatic rings. The standard InChI is InChI=1S/C65H127N3O6/c1-8-14-20-32-46-60(44-18-12-5)58-73-64(71)50-36-30-42-56-67(54-40-22-16-10-3)62(69)48-34-26-24-28-38-52-66(7)53-39-29-25-27-35-49-63(70)68(55-41-23-17-11-4)57-43-31-37-51-65(72)74-59-61(45-19-13-6)47-33-21-15-9-2/h60-61H,8-59H2,1-7H3. The van der Waals surface area contributed by atoms with Gasteiger partial charge in [-0.1, -0.05) is 208 Å². The van der Waals surface area contributed by atoms with E-state index in [0.717, 1.165) is 129 Å². The lowest BCUT2D eigenvalue weighted by molar-refractivity contribution is -0.146. The van der Waals surface area contributed by atoms with E-state index < -0.39 is 0 Å². The quantitative estimate of drug-likeness (QED) is 0.0442. The Morgan fingerprint density at radius 1 is 0.297 bits per heavy atom. The fraction of sp³-hybridized carbons (Fsp3) is 0.938. The number of nitrogens with zero attached hydrogens (tertiary/aromatic N) is 3. The molecule has 0 spiro atoms. The van der Waals surface area contributed by atoms with Crippen LogP contribution >= 0.6 is 0 Å². The van der Waals surface area contributed by atoms with Gasteiger partial charge in [-0.25, -0.2) is 0 Å². The average Bonchev–Trinajstić information content (AvgIpc) is 3.40. The molecule has 0 saturated heterocycles. The van der Waals surface area contributed by atoms with Gasteiger partial charge in [0.1, 0.15) is 0 Å². The number of carbonyl (C=O) groups is 4. The lowest BCUT2D eigenvalue weighted by Crippen LogP contribution is -2.32. The maximum Gasteiger partial charge on any atom is 0.305 e. The van der Waals surface area contributed by atoms with Crippen LogP contribution in [0.3, 0.4) is 0 Å². The second-order valence-electron chi connectivity index (χ2n) is 22.9. The van der Waals surface area contributed by atoms with Crippen molar-refractivity contribution in [3.63, 3.8) is 0 Å². The fourth-order valence-electron chi connectivity index (χ4n) is 10.4. The van der Waals surface area contributed by atoms with E-state index in [-0.39, 0.29) is 11.9 Å². The van der Waals surface area contributed by atoms with Crippen molar-refractivity contribution in [2.75, 3.05) is 59.5 Å². The monoisotopic (exact) mass is 1050 g/mol. The van der Waals surface area contributed by atoms with Crippen molar-refractivity contribution in [2.45, 2.75) is 324 Å². The molecule has 0 aliphatic rings. The van der Waals surface area contributed by atoms with Crippen LogP contribution in [-0.4, -0.2) is 98.0 Å². The van der Waals surface area contributed by atoms with Gasteiger partial charge in [0.2, 0.25) is 11.8 Å². The second kappa shape index (κ2) is 55.6. The van der Waals surface area contributed by atoms with E-state index in [9.17, 15) is 19.2 Å². The van der Waals surface area contributed by atoms with Gasteiger partial charge in [0.25, 0.3) is 0 Å². The lowest BCUT2D eigenvalue weighted by atomic mass is 9.96. The predicted molar refractivity (Wildman–Crippen MR) is 317 cm³/mol. The van der Waals surface area contributed by atoms with Crippen LogP contribution in [0.1, 0.15) is 324 Å². The highest BCUT2D eigenvalue weighted by atomic mass is 16.5. The summed E-state index contributed by atoms with van der Waals surface area (Å²) in [5, 5.41) is 0. The Labute approximate surface area is 460 Å². The van der Waals surface area contributed by atoms with E-state index in [2.05, 4.69) is 63.3 Å². The zero-order valence-corrected chi connectivity index (χ0v) is 50.7. The summed E-state index contributed by atoms with van der Waals surface area (Å²) in [6, 6.07) is 0. The highest BCUT2D eigenvalue weighted by Gasteiger charge is 2.17. The molecule has 0 N–H and O–H groups in total. The molecule has 2 unspecified atom stereocenters. The number of ether oxygens (including phenoxy) is 2. The molecule has 0 aliphatic carbocycles. The summed E-state index contributed by atoms with van der Waals surface area (Å²) in [4.78, 5) is 58.6. The van der Waals surface area contributed by atoms with Crippen molar-refractivity contribution in [1.82, 2.24) is 14.7 Å². The SMILES string of the molecule is CCCCCCC(CCCC)COC(=O)CCCCCN(CCCCCC)C(=O)CCCCCCCN(C)CCCCCCCC(=O)N(CCCCCC)CCCCCC(=O)OCC(CCCC)CCCCCC. The van der Waals surface area contributed by atoms with E-state index in [0.29, 0.717) is 62.5 Å². The van der Waals surface area contributed by atoms with Gasteiger partial charge in [-0.2, -0.15) is 0 Å². The minimum atomic E-state index is -0.0479. The van der Waals surface area contributed by atoms with Gasteiger partial charge in [-0.3, -0.25) is 19.2 Å². The third-order valence-electron chi connectivity index (χ3n) is 15.6. The largest absolute Gasteiger partial charge is 0.465 e. The van der Waals surface area contributed by atoms with Crippen LogP contribution in [0.15, 0.2) is 0 Å². The first kappa shape index (κ1) is 71.8. The van der Waals surface area contributed by atoms with E-state index in [4.69, 9.17) is 9.47 Å². The van der Waals surface area contributed by atoms with Crippen molar-refractivity contribution in [3.8, 4) is 0 Å². The zero-order chi connectivity index (χ0) is 54.4. The number of carbonyl (C=O) groups excluding carboxylic acids is 4. The Morgan fingerprint density at radius 2 is 0.554 bits per heavy atom. The maximum absolute atomic E-state index is 13.3. The van der Waals surface area contributed by atoms with E-state index in [1.165, 1.54) is 167 Å². The average molecular weight is 1050 g/mol. The molecule has 74 heavy (non-hydrogen) atoms. The molecule has 2 amide bonds. The Balaban J connectivity index is 4.34. The van der Waals surface area contributed by atoms with Gasteiger partial charge in [-0.15, -0.1) is 0 Å². The third kappa shape index (κ3) is 47.1. The normalized spacial score (nSPS) is 12.3. The van der Waals surface area contributed by atoms with Gasteiger partial charge in [-0.05, 0) is 122 Å². The van der Waals surface area contributed by atoms with Gasteiger partial charge in [0, 0.05) is 51.9 Å². The molecule has 0 aliphatic heterocycles. The third-order valence-corrected chi connectivity index (χ3v) is 15.6. The topological polar surface area (TPSA) is 96.5 Å². The van der Waals surface area contributed by atoms with Crippen molar-refractivity contribution < 1.29 is 28.7 Å². The lowest BCUT2D eigenvalue weighted by Gasteiger charge is -2.23. The molecule has 9 nitrogen and oxygen atoms in total. The van der Waals surface area contributed by atoms with Crippen molar-refractivity contribution in [3.05, 3.63) is 0 Å². The number of unbranched alkanes of at least 4 members (excludes halogenated alkanes) is 26. The summed E-state index contributed by atoms with van der Waals surface area (Å²) < 4.78 is 11.5. The molecule has 0 heterocycles. The molecule has 438 valence electrons. The Kier molecular flexibility index (Phi) is 54.0. The molecule has 0 aromatic heterocycles. The predicted octanol–water partition coefficient (Wildman–Crippen LogP) is 18.2. The van der Waals surface area contributed by atoms with Gasteiger partial charge < -0.3 is 24.2 Å². The molecule has 0 aromatic carbocycles. The zero-order valence-electron chi connectivity index (χ0n) is 50.7. The van der Waals surface area contributed by atoms with Crippen LogP contribution in [0.4, 0.5) is 0 Å².